The average Bonchev–Trinajstić information content (AvgIpc) is 3.50. The van der Waals surface area contributed by atoms with Crippen molar-refractivity contribution in [1.29, 1.82) is 0 Å². The van der Waals surface area contributed by atoms with E-state index in [1.165, 1.54) is 0 Å². The minimum absolute atomic E-state index is 0.102. The molecular formula is C45H76O35. The van der Waals surface area contributed by atoms with Crippen molar-refractivity contribution < 1.29 is 174 Å². The smallest absolute Gasteiger partial charge is 0.187 e. The van der Waals surface area contributed by atoms with Crippen molar-refractivity contribution in [1.82, 2.24) is 0 Å². The molecule has 14 bridgehead atoms. The zero-order chi connectivity index (χ0) is 58.2. The lowest BCUT2D eigenvalue weighted by Crippen LogP contribution is -2.68. The molecule has 0 unspecified atom stereocenters. The fourth-order valence-electron chi connectivity index (χ4n) is 11.0. The van der Waals surface area contributed by atoms with Gasteiger partial charge < -0.3 is 174 Å². The molecule has 21 aliphatic heterocycles. The summed E-state index contributed by atoms with van der Waals surface area (Å²) in [5.74, 6) is 0. The molecule has 466 valence electrons. The van der Waals surface area contributed by atoms with Crippen molar-refractivity contribution in [3.05, 3.63) is 0 Å². The largest absolute Gasteiger partial charge is 0.396 e. The van der Waals surface area contributed by atoms with Crippen LogP contribution in [-0.2, 0) is 66.3 Å². The van der Waals surface area contributed by atoms with Gasteiger partial charge in [-0.2, -0.15) is 0 Å². The maximum atomic E-state index is 11.6. The molecule has 0 radical (unpaired) electrons. The Kier molecular flexibility index (Phi) is 22.6. The lowest BCUT2D eigenvalue weighted by molar-refractivity contribution is -0.396. The zero-order valence-corrected chi connectivity index (χ0v) is 42.4. The number of rotatable bonds is 10. The third-order valence-corrected chi connectivity index (χ3v) is 15.5. The quantitative estimate of drug-likeness (QED) is 0.0903. The van der Waals surface area contributed by atoms with Gasteiger partial charge in [-0.05, 0) is 19.3 Å². The van der Waals surface area contributed by atoms with E-state index in [4.69, 9.17) is 66.3 Å². The van der Waals surface area contributed by atoms with Gasteiger partial charge in [0.2, 0.25) is 0 Å². The van der Waals surface area contributed by atoms with Crippen LogP contribution in [0.15, 0.2) is 0 Å². The van der Waals surface area contributed by atoms with Gasteiger partial charge >= 0.3 is 0 Å². The van der Waals surface area contributed by atoms with E-state index >= 15 is 0 Å². The molecule has 0 aliphatic carbocycles. The van der Waals surface area contributed by atoms with Gasteiger partial charge in [0.15, 0.2) is 44.0 Å². The van der Waals surface area contributed by atoms with Crippen LogP contribution in [0.5, 0.6) is 0 Å². The van der Waals surface area contributed by atoms with E-state index in [-0.39, 0.29) is 25.9 Å². The van der Waals surface area contributed by atoms with Gasteiger partial charge in [-0.3, -0.25) is 0 Å². The first kappa shape index (κ1) is 64.6. The predicted molar refractivity (Wildman–Crippen MR) is 242 cm³/mol. The average molecular weight is 1180 g/mol. The Morgan fingerprint density at radius 2 is 0.350 bits per heavy atom. The Hall–Kier alpha value is -1.40. The van der Waals surface area contributed by atoms with Crippen molar-refractivity contribution in [3.63, 3.8) is 0 Å². The number of unbranched alkanes of at least 4 members (excludes halogenated alkanes) is 1. The van der Waals surface area contributed by atoms with Crippen LogP contribution >= 0.6 is 0 Å². The third-order valence-electron chi connectivity index (χ3n) is 15.5. The second-order valence-corrected chi connectivity index (χ2v) is 20.7. The van der Waals surface area contributed by atoms with E-state index in [2.05, 4.69) is 0 Å². The monoisotopic (exact) mass is 1180 g/mol. The highest BCUT2D eigenvalue weighted by atomic mass is 16.8. The SMILES string of the molecule is OCCCC[C@H]1O[C@@H]2O[C@H]3[C@H](O)[C@@H](O)[C@@H](O[C@H]4[C@H](O)[C@@H](O)[C@@H](O[C@H]5[C@H](O)[C@@H](O)[C@@H](O[C@H]6[C@H](O)[C@@H](O)[C@@H](O[C@H]7[C@H](O)[C@@H](O)[C@@H](O[C@H]8[C@H](O)[C@@H](O)[C@@H](O[C@H]1[C@H](O)[C@H]2O)O[C@@H]8CO)O[C@@H]7CO)O[C@@H]6CO)O[C@@H]5CO)O[C@@H]4CO)O[C@@H]3CO. The zero-order valence-electron chi connectivity index (χ0n) is 42.4. The minimum atomic E-state index is -2.21. The summed E-state index contributed by atoms with van der Waals surface area (Å²) in [5, 5.41) is 231. The third kappa shape index (κ3) is 13.0. The minimum Gasteiger partial charge on any atom is -0.396 e. The van der Waals surface area contributed by atoms with Gasteiger partial charge in [-0.25, -0.2) is 0 Å². The van der Waals surface area contributed by atoms with Crippen LogP contribution in [0.2, 0.25) is 0 Å². The predicted octanol–water partition coefficient (Wildman–Crippen LogP) is -14.1. The van der Waals surface area contributed by atoms with E-state index in [0.29, 0.717) is 0 Å². The molecule has 0 aromatic rings. The molecule has 80 heavy (non-hydrogen) atoms. The van der Waals surface area contributed by atoms with Crippen molar-refractivity contribution in [2.45, 2.75) is 234 Å². The van der Waals surface area contributed by atoms with E-state index in [1.54, 1.807) is 0 Å². The van der Waals surface area contributed by atoms with Gasteiger partial charge in [-0.15, -0.1) is 0 Å². The summed E-state index contributed by atoms with van der Waals surface area (Å²) in [6.07, 6.45) is -68.8. The van der Waals surface area contributed by atoms with Crippen LogP contribution < -0.4 is 0 Å². The Bertz CT molecular complexity index is 1870. The molecule has 0 spiro atoms. The van der Waals surface area contributed by atoms with Crippen LogP contribution in [0.1, 0.15) is 19.3 Å². The first-order valence-electron chi connectivity index (χ1n) is 26.1. The molecule has 21 fully saturated rings. The Morgan fingerprint density at radius 1 is 0.188 bits per heavy atom. The number of ether oxygens (including phenoxy) is 14. The molecular weight excluding hydrogens is 1100 g/mol. The van der Waals surface area contributed by atoms with Crippen LogP contribution in [0, 0.1) is 0 Å². The lowest BCUT2D eigenvalue weighted by atomic mass is 9.93. The summed E-state index contributed by atoms with van der Waals surface area (Å²) in [6, 6.07) is 0. The summed E-state index contributed by atoms with van der Waals surface area (Å²) in [7, 11) is 0. The van der Waals surface area contributed by atoms with Gasteiger partial charge in [0.25, 0.3) is 0 Å². The highest BCUT2D eigenvalue weighted by Crippen LogP contribution is 2.39. The van der Waals surface area contributed by atoms with Gasteiger partial charge in [0.05, 0.1) is 45.7 Å². The summed E-state index contributed by atoms with van der Waals surface area (Å²) >= 11 is 0. The molecule has 21 N–H and O–H groups in total. The Morgan fingerprint density at radius 3 is 0.512 bits per heavy atom. The Labute approximate surface area is 453 Å². The van der Waals surface area contributed by atoms with Crippen molar-refractivity contribution in [3.8, 4) is 0 Å². The standard InChI is InChI=1S/C45H76O35/c46-4-2-1-3-11-32-18(53)25(60)39(67-11)75-33-12(5-47)69-41(27(62)20(33)55)77-35-14(7-49)71-43(29(64)22(35)57)79-37-16(9-51)73-45(31(66)24(37)59)80-38-17(10-52)72-44(30(65)23(38)58)78-36-15(8-50)70-42(28(63)21(36)56)76-34-13(6-48)68-40(74-32)26(61)19(34)54/h11-66H,1-10H2/t11-,12-,13-,14-,15-,16-,17-,18-,19-,20-,21-,22-,23-,24-,25-,26-,27-,28-,29-,30-,31-,32-,33-,34-,35-,36-,37-,38-,39-,40-,41-,42-,43-,44-,45-/m1/s1. The van der Waals surface area contributed by atoms with Crippen molar-refractivity contribution in [2.75, 3.05) is 46.2 Å². The molecule has 0 saturated carbocycles. The number of hydrogen-bond acceptors (Lipinski definition) is 35. The number of aliphatic hydroxyl groups is 21. The van der Waals surface area contributed by atoms with Crippen LogP contribution in [-0.4, -0.2) is 368 Å². The summed E-state index contributed by atoms with van der Waals surface area (Å²) in [5.41, 5.74) is 0. The Balaban J connectivity index is 1.09. The summed E-state index contributed by atoms with van der Waals surface area (Å²) in [4.78, 5) is 0. The fourth-order valence-corrected chi connectivity index (χ4v) is 11.0. The second kappa shape index (κ2) is 28.0. The highest BCUT2D eigenvalue weighted by molar-refractivity contribution is 5.02. The molecule has 21 heterocycles. The summed E-state index contributed by atoms with van der Waals surface area (Å²) in [6.45, 7) is -6.53. The molecule has 35 nitrogen and oxygen atoms in total. The number of aliphatic hydroxyl groups excluding tert-OH is 21. The lowest BCUT2D eigenvalue weighted by Gasteiger charge is -2.50. The van der Waals surface area contributed by atoms with Gasteiger partial charge in [0.1, 0.15) is 165 Å². The molecule has 35 heteroatoms. The van der Waals surface area contributed by atoms with Gasteiger partial charge in [-0.1, -0.05) is 0 Å². The van der Waals surface area contributed by atoms with E-state index in [9.17, 15) is 107 Å². The van der Waals surface area contributed by atoms with Gasteiger partial charge in [0, 0.05) is 6.61 Å². The van der Waals surface area contributed by atoms with Crippen LogP contribution in [0.25, 0.3) is 0 Å². The first-order chi connectivity index (χ1) is 38.2. The summed E-state index contributed by atoms with van der Waals surface area (Å²) < 4.78 is 80.7. The molecule has 0 aromatic heterocycles. The van der Waals surface area contributed by atoms with E-state index < -0.39 is 255 Å². The maximum absolute atomic E-state index is 11.6. The molecule has 35 atom stereocenters. The molecule has 0 amide bonds. The van der Waals surface area contributed by atoms with Crippen molar-refractivity contribution in [2.24, 2.45) is 0 Å². The molecule has 0 aromatic carbocycles. The normalized spacial score (nSPS) is 53.7. The highest BCUT2D eigenvalue weighted by Gasteiger charge is 2.59. The molecule has 21 saturated heterocycles. The van der Waals surface area contributed by atoms with Crippen molar-refractivity contribution >= 4 is 0 Å². The maximum Gasteiger partial charge on any atom is 0.187 e. The van der Waals surface area contributed by atoms with Crippen LogP contribution in [0.3, 0.4) is 0 Å². The second-order valence-electron chi connectivity index (χ2n) is 20.7. The topological polar surface area (TPSA) is 554 Å². The first-order valence-corrected chi connectivity index (χ1v) is 26.1. The van der Waals surface area contributed by atoms with Crippen LogP contribution in [0.4, 0.5) is 0 Å². The number of hydrogen-bond donors (Lipinski definition) is 21. The molecule has 21 aliphatic rings. The van der Waals surface area contributed by atoms with E-state index in [0.717, 1.165) is 0 Å². The fraction of sp³-hybridized carbons (Fsp3) is 1.00. The molecule has 21 rings (SSSR count). The van der Waals surface area contributed by atoms with E-state index in [1.807, 2.05) is 0 Å².